The Hall–Kier alpha value is -2.63. The first-order valence-corrected chi connectivity index (χ1v) is 9.50. The van der Waals surface area contributed by atoms with Crippen molar-refractivity contribution in [3.05, 3.63) is 59.8 Å². The van der Waals surface area contributed by atoms with Gasteiger partial charge in [0, 0.05) is 37.2 Å². The van der Waals surface area contributed by atoms with E-state index in [2.05, 4.69) is 0 Å². The van der Waals surface area contributed by atoms with Gasteiger partial charge in [-0.25, -0.2) is 4.39 Å². The Morgan fingerprint density at radius 2 is 1.81 bits per heavy atom. The number of piperidine rings is 1. The molecule has 0 spiro atoms. The molecule has 1 saturated carbocycles. The largest absolute Gasteiger partial charge is 0.459 e. The molecule has 2 aliphatic rings. The summed E-state index contributed by atoms with van der Waals surface area (Å²) in [6.07, 6.45) is 4.71. The lowest BCUT2D eigenvalue weighted by molar-refractivity contribution is -0.138. The molecule has 1 aliphatic heterocycles. The zero-order valence-electron chi connectivity index (χ0n) is 15.1. The average molecular weight is 370 g/mol. The summed E-state index contributed by atoms with van der Waals surface area (Å²) in [5, 5.41) is 0. The van der Waals surface area contributed by atoms with Crippen LogP contribution in [0.2, 0.25) is 0 Å². The lowest BCUT2D eigenvalue weighted by Gasteiger charge is -2.34. The van der Waals surface area contributed by atoms with Gasteiger partial charge in [-0.3, -0.25) is 9.59 Å². The summed E-state index contributed by atoms with van der Waals surface area (Å²) in [7, 11) is 0. The fraction of sp³-hybridized carbons (Fsp3) is 0.429. The van der Waals surface area contributed by atoms with Gasteiger partial charge in [-0.1, -0.05) is 18.2 Å². The molecule has 4 rings (SSSR count). The average Bonchev–Trinajstić information content (AvgIpc) is 3.39. The minimum Gasteiger partial charge on any atom is -0.459 e. The fourth-order valence-corrected chi connectivity index (χ4v) is 3.70. The van der Waals surface area contributed by atoms with Crippen LogP contribution >= 0.6 is 0 Å². The van der Waals surface area contributed by atoms with Crippen molar-refractivity contribution in [2.75, 3.05) is 13.1 Å². The molecule has 5 nitrogen and oxygen atoms in total. The first-order chi connectivity index (χ1) is 13.1. The summed E-state index contributed by atoms with van der Waals surface area (Å²) < 4.78 is 19.2. The summed E-state index contributed by atoms with van der Waals surface area (Å²) >= 11 is 0. The monoisotopic (exact) mass is 370 g/mol. The van der Waals surface area contributed by atoms with Crippen molar-refractivity contribution in [1.29, 1.82) is 0 Å². The fourth-order valence-electron chi connectivity index (χ4n) is 3.70. The number of rotatable bonds is 5. The van der Waals surface area contributed by atoms with E-state index in [4.69, 9.17) is 4.42 Å². The summed E-state index contributed by atoms with van der Waals surface area (Å²) in [5.41, 5.74) is 0.559. The molecular formula is C21H23FN2O3. The topological polar surface area (TPSA) is 53.8 Å². The number of amides is 2. The Kier molecular flexibility index (Phi) is 4.97. The predicted octanol–water partition coefficient (Wildman–Crippen LogP) is 3.46. The highest BCUT2D eigenvalue weighted by atomic mass is 19.1. The van der Waals surface area contributed by atoms with Gasteiger partial charge in [0.2, 0.25) is 5.91 Å². The molecule has 2 fully saturated rings. The van der Waals surface area contributed by atoms with Crippen LogP contribution < -0.4 is 0 Å². The van der Waals surface area contributed by atoms with Gasteiger partial charge in [0.05, 0.1) is 6.26 Å². The number of nitrogens with zero attached hydrogens (tertiary/aromatic N) is 2. The van der Waals surface area contributed by atoms with E-state index < -0.39 is 0 Å². The van der Waals surface area contributed by atoms with E-state index in [0.29, 0.717) is 43.8 Å². The van der Waals surface area contributed by atoms with E-state index in [1.807, 2.05) is 4.90 Å². The van der Waals surface area contributed by atoms with E-state index >= 15 is 0 Å². The van der Waals surface area contributed by atoms with Crippen LogP contribution in [0.5, 0.6) is 0 Å². The number of benzene rings is 1. The first-order valence-electron chi connectivity index (χ1n) is 9.50. The van der Waals surface area contributed by atoms with Gasteiger partial charge in [-0.2, -0.15) is 0 Å². The molecule has 1 aromatic carbocycles. The molecule has 0 bridgehead atoms. The zero-order valence-corrected chi connectivity index (χ0v) is 15.1. The lowest BCUT2D eigenvalue weighted by Crippen LogP contribution is -2.45. The van der Waals surface area contributed by atoms with Crippen molar-refractivity contribution in [2.45, 2.75) is 38.3 Å². The molecule has 27 heavy (non-hydrogen) atoms. The van der Waals surface area contributed by atoms with Gasteiger partial charge >= 0.3 is 0 Å². The molecule has 2 aromatic rings. The normalized spacial score (nSPS) is 17.7. The Morgan fingerprint density at radius 3 is 2.44 bits per heavy atom. The van der Waals surface area contributed by atoms with Crippen molar-refractivity contribution in [3.8, 4) is 0 Å². The van der Waals surface area contributed by atoms with Gasteiger partial charge < -0.3 is 14.2 Å². The van der Waals surface area contributed by atoms with Gasteiger partial charge in [-0.05, 0) is 43.9 Å². The van der Waals surface area contributed by atoms with Crippen LogP contribution in [0.3, 0.4) is 0 Å². The molecule has 2 amide bonds. The molecule has 2 heterocycles. The van der Waals surface area contributed by atoms with Crippen LogP contribution in [0, 0.1) is 11.7 Å². The molecule has 0 unspecified atom stereocenters. The Labute approximate surface area is 157 Å². The summed E-state index contributed by atoms with van der Waals surface area (Å²) in [6.45, 7) is 1.39. The number of carbonyl (C=O) groups is 2. The van der Waals surface area contributed by atoms with Crippen molar-refractivity contribution in [1.82, 2.24) is 9.80 Å². The highest BCUT2D eigenvalue weighted by Gasteiger charge is 2.38. The molecule has 6 heteroatoms. The van der Waals surface area contributed by atoms with Gasteiger partial charge in [0.1, 0.15) is 5.82 Å². The van der Waals surface area contributed by atoms with Crippen LogP contribution in [0.15, 0.2) is 47.1 Å². The number of likely N-dealkylation sites (tertiary alicyclic amines) is 1. The number of carbonyl (C=O) groups excluding carboxylic acids is 2. The van der Waals surface area contributed by atoms with Crippen LogP contribution in [0.25, 0.3) is 0 Å². The molecular weight excluding hydrogens is 347 g/mol. The van der Waals surface area contributed by atoms with Crippen LogP contribution in [-0.2, 0) is 11.3 Å². The predicted molar refractivity (Wildman–Crippen MR) is 97.3 cm³/mol. The Balaban J connectivity index is 1.38. The molecule has 0 atom stereocenters. The maximum atomic E-state index is 14.0. The molecule has 0 N–H and O–H groups in total. The third-order valence-electron chi connectivity index (χ3n) is 5.43. The second kappa shape index (κ2) is 7.55. The van der Waals surface area contributed by atoms with Gasteiger partial charge in [0.15, 0.2) is 5.76 Å². The van der Waals surface area contributed by atoms with E-state index in [-0.39, 0.29) is 29.6 Å². The van der Waals surface area contributed by atoms with E-state index in [1.54, 1.807) is 35.2 Å². The smallest absolute Gasteiger partial charge is 0.289 e. The van der Waals surface area contributed by atoms with Crippen LogP contribution in [0.1, 0.15) is 41.8 Å². The maximum Gasteiger partial charge on any atom is 0.289 e. The summed E-state index contributed by atoms with van der Waals surface area (Å²) in [4.78, 5) is 29.0. The van der Waals surface area contributed by atoms with Gasteiger partial charge in [0.25, 0.3) is 5.91 Å². The van der Waals surface area contributed by atoms with Crippen molar-refractivity contribution in [3.63, 3.8) is 0 Å². The van der Waals surface area contributed by atoms with Crippen molar-refractivity contribution >= 4 is 11.8 Å². The minimum atomic E-state index is -0.269. The van der Waals surface area contributed by atoms with Crippen LogP contribution in [-0.4, -0.2) is 40.7 Å². The summed E-state index contributed by atoms with van der Waals surface area (Å²) in [5.74, 6) is -0.0890. The number of hydrogen-bond donors (Lipinski definition) is 0. The second-order valence-electron chi connectivity index (χ2n) is 7.33. The minimum absolute atomic E-state index is 0.0888. The van der Waals surface area contributed by atoms with E-state index in [0.717, 1.165) is 12.8 Å². The first kappa shape index (κ1) is 17.8. The highest BCUT2D eigenvalue weighted by molar-refractivity contribution is 5.91. The molecule has 1 aromatic heterocycles. The number of furan rings is 1. The molecule has 0 radical (unpaired) electrons. The van der Waals surface area contributed by atoms with Crippen LogP contribution in [0.4, 0.5) is 4.39 Å². The quantitative estimate of drug-likeness (QED) is 0.810. The third-order valence-corrected chi connectivity index (χ3v) is 5.43. The van der Waals surface area contributed by atoms with E-state index in [1.165, 1.54) is 12.3 Å². The van der Waals surface area contributed by atoms with E-state index in [9.17, 15) is 14.0 Å². The third kappa shape index (κ3) is 3.89. The number of hydrogen-bond acceptors (Lipinski definition) is 3. The zero-order chi connectivity index (χ0) is 18.8. The number of halogens is 1. The standard InChI is InChI=1S/C21H23FN2O3/c22-18-5-2-1-4-16(18)14-24(17-7-8-17)20(25)15-9-11-23(12-10-15)21(26)19-6-3-13-27-19/h1-6,13,15,17H,7-12,14H2. The van der Waals surface area contributed by atoms with Crippen molar-refractivity contribution in [2.24, 2.45) is 5.92 Å². The van der Waals surface area contributed by atoms with Gasteiger partial charge in [-0.15, -0.1) is 0 Å². The lowest BCUT2D eigenvalue weighted by atomic mass is 9.94. The summed E-state index contributed by atoms with van der Waals surface area (Å²) in [6, 6.07) is 10.2. The second-order valence-corrected chi connectivity index (χ2v) is 7.33. The van der Waals surface area contributed by atoms with Crippen molar-refractivity contribution < 1.29 is 18.4 Å². The maximum absolute atomic E-state index is 14.0. The Bertz CT molecular complexity index is 809. The molecule has 1 saturated heterocycles. The molecule has 1 aliphatic carbocycles. The SMILES string of the molecule is O=C(c1ccco1)N1CCC(C(=O)N(Cc2ccccc2F)C2CC2)CC1. The Morgan fingerprint density at radius 1 is 1.07 bits per heavy atom. The molecule has 142 valence electrons. The highest BCUT2D eigenvalue weighted by Crippen LogP contribution is 2.32.